The number of Topliss-reactive ketones (excluding diaryl/α,β-unsaturated/α-hetero) is 1. The van der Waals surface area contributed by atoms with Crippen molar-refractivity contribution in [1.82, 2.24) is 4.57 Å². The molecule has 1 heterocycles. The van der Waals surface area contributed by atoms with Gasteiger partial charge in [0.15, 0.2) is 5.60 Å². The number of nitrogens with zero attached hydrogens (tertiary/aromatic N) is 1. The Morgan fingerprint density at radius 1 is 1.08 bits per heavy atom. The van der Waals surface area contributed by atoms with Crippen LogP contribution in [0.2, 0.25) is 0 Å². The molecule has 0 aliphatic rings. The molecule has 24 heavy (non-hydrogen) atoms. The minimum Gasteiger partial charge on any atom is -0.376 e. The number of aryl methyl sites for hydroxylation is 1. The van der Waals surface area contributed by atoms with E-state index < -0.39 is 24.0 Å². The van der Waals surface area contributed by atoms with Crippen LogP contribution in [0.25, 0.3) is 21.8 Å². The second-order valence-electron chi connectivity index (χ2n) is 6.04. The molecule has 0 saturated carbocycles. The van der Waals surface area contributed by atoms with Crippen molar-refractivity contribution in [3.05, 3.63) is 48.0 Å². The highest BCUT2D eigenvalue weighted by Crippen LogP contribution is 2.43. The monoisotopic (exact) mass is 335 g/mol. The van der Waals surface area contributed by atoms with Crippen molar-refractivity contribution in [2.75, 3.05) is 0 Å². The summed E-state index contributed by atoms with van der Waals surface area (Å²) < 4.78 is 42.3. The van der Waals surface area contributed by atoms with Crippen LogP contribution in [0, 0.1) is 0 Å². The molecule has 1 aromatic heterocycles. The maximum atomic E-state index is 13.5. The fraction of sp³-hybridized carbons (Fsp3) is 0.278. The Morgan fingerprint density at radius 3 is 2.33 bits per heavy atom. The van der Waals surface area contributed by atoms with Gasteiger partial charge in [-0.2, -0.15) is 13.2 Å². The highest BCUT2D eigenvalue weighted by atomic mass is 19.4. The molecule has 1 atom stereocenters. The summed E-state index contributed by atoms with van der Waals surface area (Å²) in [5.74, 6) is -0.729. The zero-order valence-electron chi connectivity index (χ0n) is 13.2. The van der Waals surface area contributed by atoms with Gasteiger partial charge >= 0.3 is 6.18 Å². The quantitative estimate of drug-likeness (QED) is 0.784. The van der Waals surface area contributed by atoms with Gasteiger partial charge in [-0.1, -0.05) is 24.3 Å². The van der Waals surface area contributed by atoms with Gasteiger partial charge in [0.1, 0.15) is 5.78 Å². The average Bonchev–Trinajstić information content (AvgIpc) is 2.79. The largest absolute Gasteiger partial charge is 0.421 e. The number of benzene rings is 2. The van der Waals surface area contributed by atoms with Crippen LogP contribution in [0.15, 0.2) is 42.5 Å². The Morgan fingerprint density at radius 2 is 1.71 bits per heavy atom. The summed E-state index contributed by atoms with van der Waals surface area (Å²) in [4.78, 5) is 11.3. The summed E-state index contributed by atoms with van der Waals surface area (Å²) in [5.41, 5.74) is -1.88. The number of aromatic nitrogens is 1. The minimum atomic E-state index is -4.95. The first-order valence-corrected chi connectivity index (χ1v) is 7.41. The van der Waals surface area contributed by atoms with Crippen molar-refractivity contribution in [2.45, 2.75) is 25.1 Å². The number of rotatable bonds is 3. The molecule has 0 amide bonds. The number of hydrogen-bond acceptors (Lipinski definition) is 2. The summed E-state index contributed by atoms with van der Waals surface area (Å²) in [7, 11) is 1.83. The normalized spacial score (nSPS) is 14.9. The number of alkyl halides is 3. The first kappa shape index (κ1) is 16.5. The van der Waals surface area contributed by atoms with Crippen LogP contribution < -0.4 is 0 Å². The number of carbonyl (C=O) groups is 1. The summed E-state index contributed by atoms with van der Waals surface area (Å²) in [5, 5.41) is 11.7. The van der Waals surface area contributed by atoms with Crippen LogP contribution in [0.4, 0.5) is 13.2 Å². The zero-order valence-corrected chi connectivity index (χ0v) is 13.2. The van der Waals surface area contributed by atoms with E-state index in [9.17, 15) is 23.1 Å². The summed E-state index contributed by atoms with van der Waals surface area (Å²) in [6.45, 7) is 1.03. The lowest BCUT2D eigenvalue weighted by Crippen LogP contribution is -2.43. The number of halogens is 3. The van der Waals surface area contributed by atoms with Gasteiger partial charge in [-0.3, -0.25) is 4.79 Å². The van der Waals surface area contributed by atoms with Gasteiger partial charge in [-0.05, 0) is 30.7 Å². The molecule has 0 aliphatic heterocycles. The van der Waals surface area contributed by atoms with Gasteiger partial charge < -0.3 is 9.67 Å². The summed E-state index contributed by atoms with van der Waals surface area (Å²) in [6, 6.07) is 11.5. The van der Waals surface area contributed by atoms with E-state index in [0.29, 0.717) is 5.39 Å². The molecule has 0 spiro atoms. The molecule has 0 radical (unpaired) electrons. The predicted molar refractivity (Wildman–Crippen MR) is 85.7 cm³/mol. The van der Waals surface area contributed by atoms with Crippen molar-refractivity contribution in [3.63, 3.8) is 0 Å². The molecule has 0 bridgehead atoms. The Labute approximate surface area is 136 Å². The molecule has 0 aliphatic carbocycles. The first-order chi connectivity index (χ1) is 11.1. The summed E-state index contributed by atoms with van der Waals surface area (Å²) in [6.07, 6.45) is -5.95. The Kier molecular flexibility index (Phi) is 3.68. The fourth-order valence-corrected chi connectivity index (χ4v) is 3.15. The maximum Gasteiger partial charge on any atom is 0.421 e. The molecule has 126 valence electrons. The van der Waals surface area contributed by atoms with Gasteiger partial charge in [0.05, 0.1) is 0 Å². The van der Waals surface area contributed by atoms with Crippen LogP contribution in [0.3, 0.4) is 0 Å². The van der Waals surface area contributed by atoms with E-state index in [1.165, 1.54) is 12.1 Å². The van der Waals surface area contributed by atoms with Crippen molar-refractivity contribution >= 4 is 27.6 Å². The van der Waals surface area contributed by atoms with E-state index in [4.69, 9.17) is 0 Å². The third-order valence-electron chi connectivity index (χ3n) is 4.36. The number of aliphatic hydroxyl groups is 1. The Hall–Kier alpha value is -2.34. The molecule has 2 aromatic carbocycles. The van der Waals surface area contributed by atoms with E-state index in [1.54, 1.807) is 12.1 Å². The van der Waals surface area contributed by atoms with Gasteiger partial charge in [0.25, 0.3) is 0 Å². The second kappa shape index (κ2) is 5.34. The van der Waals surface area contributed by atoms with Crippen LogP contribution in [-0.4, -0.2) is 21.6 Å². The highest BCUT2D eigenvalue weighted by Gasteiger charge is 2.55. The molecule has 0 unspecified atom stereocenters. The Bertz CT molecular complexity index is 942. The smallest absolute Gasteiger partial charge is 0.376 e. The molecular weight excluding hydrogens is 319 g/mol. The molecular formula is C18H16F3NO2. The van der Waals surface area contributed by atoms with E-state index in [1.807, 2.05) is 29.8 Å². The topological polar surface area (TPSA) is 42.2 Å². The van der Waals surface area contributed by atoms with Crippen molar-refractivity contribution < 1.29 is 23.1 Å². The second-order valence-corrected chi connectivity index (χ2v) is 6.04. The predicted octanol–water partition coefficient (Wildman–Crippen LogP) is 4.06. The third-order valence-corrected chi connectivity index (χ3v) is 4.36. The summed E-state index contributed by atoms with van der Waals surface area (Å²) >= 11 is 0. The lowest BCUT2D eigenvalue weighted by molar-refractivity contribution is -0.267. The maximum absolute atomic E-state index is 13.5. The van der Waals surface area contributed by atoms with Crippen LogP contribution in [0.5, 0.6) is 0 Å². The van der Waals surface area contributed by atoms with Crippen molar-refractivity contribution in [1.29, 1.82) is 0 Å². The van der Waals surface area contributed by atoms with Gasteiger partial charge in [-0.25, -0.2) is 0 Å². The first-order valence-electron chi connectivity index (χ1n) is 7.41. The molecule has 1 N–H and O–H groups in total. The highest BCUT2D eigenvalue weighted by molar-refractivity contribution is 6.08. The van der Waals surface area contributed by atoms with Gasteiger partial charge in [-0.15, -0.1) is 0 Å². The number of ketones is 1. The minimum absolute atomic E-state index is 0.325. The molecule has 3 rings (SSSR count). The van der Waals surface area contributed by atoms with Gasteiger partial charge in [0.2, 0.25) is 0 Å². The van der Waals surface area contributed by atoms with E-state index in [-0.39, 0.29) is 5.56 Å². The van der Waals surface area contributed by atoms with Crippen molar-refractivity contribution in [2.24, 2.45) is 7.05 Å². The molecule has 6 heteroatoms. The lowest BCUT2D eigenvalue weighted by Gasteiger charge is -2.30. The molecule has 0 saturated heterocycles. The van der Waals surface area contributed by atoms with Gasteiger partial charge in [0, 0.05) is 35.3 Å². The SMILES string of the molecule is CC(=O)C[C@@](O)(c1ccc2c(c1)c1ccccc1n2C)C(F)(F)F. The lowest BCUT2D eigenvalue weighted by atomic mass is 9.87. The zero-order chi connectivity index (χ0) is 17.7. The fourth-order valence-electron chi connectivity index (χ4n) is 3.15. The molecule has 3 aromatic rings. The average molecular weight is 335 g/mol. The van der Waals surface area contributed by atoms with Crippen LogP contribution >= 0.6 is 0 Å². The third kappa shape index (κ3) is 2.38. The van der Waals surface area contributed by atoms with Crippen molar-refractivity contribution in [3.8, 4) is 0 Å². The number of fused-ring (bicyclic) bond motifs is 3. The number of para-hydroxylation sites is 1. The number of carbonyl (C=O) groups excluding carboxylic acids is 1. The molecule has 0 fully saturated rings. The standard InChI is InChI=1S/C18H16F3NO2/c1-11(23)10-17(24,18(19,20)21)12-7-8-16-14(9-12)13-5-3-4-6-15(13)22(16)2/h3-9,24H,10H2,1-2H3/t17-/m1/s1. The van der Waals surface area contributed by atoms with E-state index in [2.05, 4.69) is 0 Å². The van der Waals surface area contributed by atoms with E-state index >= 15 is 0 Å². The van der Waals surface area contributed by atoms with E-state index in [0.717, 1.165) is 23.3 Å². The van der Waals surface area contributed by atoms with Crippen LogP contribution in [0.1, 0.15) is 18.9 Å². The van der Waals surface area contributed by atoms with Crippen LogP contribution in [-0.2, 0) is 17.4 Å². The Balaban J connectivity index is 2.30. The number of hydrogen-bond donors (Lipinski definition) is 1. The molecule has 3 nitrogen and oxygen atoms in total.